The number of carbonyl (C=O) groups excluding carboxylic acids is 2. The third-order valence-electron chi connectivity index (χ3n) is 4.25. The Morgan fingerprint density at radius 2 is 1.88 bits per heavy atom. The highest BCUT2D eigenvalue weighted by atomic mass is 16.6. The summed E-state index contributed by atoms with van der Waals surface area (Å²) in [5.74, 6) is -0.514. The molecule has 130 valence electrons. The smallest absolute Gasteiger partial charge is 0.418 e. The molecule has 0 bridgehead atoms. The minimum atomic E-state index is -0.681. The van der Waals surface area contributed by atoms with Crippen LogP contribution in [0.5, 0.6) is 5.75 Å². The fourth-order valence-corrected chi connectivity index (χ4v) is 2.81. The summed E-state index contributed by atoms with van der Waals surface area (Å²) in [5, 5.41) is 13.1. The molecule has 25 heavy (non-hydrogen) atoms. The van der Waals surface area contributed by atoms with Crippen molar-refractivity contribution in [3.63, 3.8) is 0 Å². The summed E-state index contributed by atoms with van der Waals surface area (Å²) in [6, 6.07) is 13.5. The van der Waals surface area contributed by atoms with Crippen LogP contribution in [0.4, 0.5) is 4.79 Å². The molecule has 0 aromatic heterocycles. The lowest BCUT2D eigenvalue weighted by Gasteiger charge is -2.32. The van der Waals surface area contributed by atoms with Crippen molar-refractivity contribution in [3.8, 4) is 16.9 Å². The average molecular weight is 340 g/mol. The number of para-hydroxylation sites is 1. The first-order valence-electron chi connectivity index (χ1n) is 8.18. The van der Waals surface area contributed by atoms with Gasteiger partial charge in [0.15, 0.2) is 0 Å². The molecular formula is C19H20N2O4. The van der Waals surface area contributed by atoms with E-state index in [4.69, 9.17) is 4.74 Å². The number of phenols is 1. The van der Waals surface area contributed by atoms with E-state index in [1.54, 1.807) is 47.4 Å². The van der Waals surface area contributed by atoms with E-state index in [0.717, 1.165) is 5.56 Å². The van der Waals surface area contributed by atoms with Gasteiger partial charge in [-0.25, -0.2) is 9.59 Å². The zero-order valence-electron chi connectivity index (χ0n) is 13.9. The summed E-state index contributed by atoms with van der Waals surface area (Å²) in [7, 11) is 0. The molecule has 1 saturated heterocycles. The van der Waals surface area contributed by atoms with Gasteiger partial charge in [0.2, 0.25) is 0 Å². The summed E-state index contributed by atoms with van der Waals surface area (Å²) < 4.78 is 4.99. The van der Waals surface area contributed by atoms with Crippen molar-refractivity contribution in [1.82, 2.24) is 10.2 Å². The summed E-state index contributed by atoms with van der Waals surface area (Å²) >= 11 is 0. The number of hydrogen-bond acceptors (Lipinski definition) is 5. The number of benzene rings is 2. The van der Waals surface area contributed by atoms with E-state index in [2.05, 4.69) is 5.32 Å². The zero-order valence-corrected chi connectivity index (χ0v) is 13.9. The largest absolute Gasteiger partial charge is 0.507 e. The number of hydrogen-bond donors (Lipinski definition) is 2. The van der Waals surface area contributed by atoms with Crippen LogP contribution in [0.3, 0.4) is 0 Å². The van der Waals surface area contributed by atoms with E-state index in [9.17, 15) is 14.7 Å². The Morgan fingerprint density at radius 3 is 2.56 bits per heavy atom. The van der Waals surface area contributed by atoms with Gasteiger partial charge in [-0.1, -0.05) is 30.3 Å². The van der Waals surface area contributed by atoms with Gasteiger partial charge in [-0.05, 0) is 30.7 Å². The molecule has 1 atom stereocenters. The molecule has 0 aliphatic carbocycles. The van der Waals surface area contributed by atoms with E-state index in [0.29, 0.717) is 25.2 Å². The Morgan fingerprint density at radius 1 is 1.16 bits per heavy atom. The number of aromatic hydroxyl groups is 1. The van der Waals surface area contributed by atoms with Crippen LogP contribution in [0, 0.1) is 0 Å². The van der Waals surface area contributed by atoms with Crippen LogP contribution in [0.15, 0.2) is 48.5 Å². The molecular weight excluding hydrogens is 320 g/mol. The van der Waals surface area contributed by atoms with Crippen molar-refractivity contribution in [1.29, 1.82) is 0 Å². The monoisotopic (exact) mass is 340 g/mol. The molecule has 0 saturated carbocycles. The maximum absolute atomic E-state index is 12.2. The third-order valence-corrected chi connectivity index (χ3v) is 4.25. The van der Waals surface area contributed by atoms with E-state index < -0.39 is 12.1 Å². The molecule has 6 nitrogen and oxygen atoms in total. The minimum Gasteiger partial charge on any atom is -0.507 e. The molecule has 1 aliphatic heterocycles. The molecule has 1 amide bonds. The second kappa shape index (κ2) is 7.36. The SMILES string of the molecule is CC1CNCCN1C(=O)OC(=O)c1ccc(-c2ccccc2O)cc1. The number of nitrogens with one attached hydrogen (secondary N) is 1. The Balaban J connectivity index is 1.69. The maximum atomic E-state index is 12.2. The number of amides is 1. The highest BCUT2D eigenvalue weighted by molar-refractivity contribution is 5.96. The summed E-state index contributed by atoms with van der Waals surface area (Å²) in [4.78, 5) is 25.9. The fourth-order valence-electron chi connectivity index (χ4n) is 2.81. The Bertz CT molecular complexity index is 773. The van der Waals surface area contributed by atoms with Crippen molar-refractivity contribution < 1.29 is 19.4 Å². The third kappa shape index (κ3) is 3.80. The highest BCUT2D eigenvalue weighted by Crippen LogP contribution is 2.28. The van der Waals surface area contributed by atoms with Crippen LogP contribution in [0.1, 0.15) is 17.3 Å². The van der Waals surface area contributed by atoms with Crippen molar-refractivity contribution in [3.05, 3.63) is 54.1 Å². The first-order valence-corrected chi connectivity index (χ1v) is 8.18. The normalized spacial score (nSPS) is 17.2. The Hall–Kier alpha value is -2.86. The van der Waals surface area contributed by atoms with Gasteiger partial charge in [-0.15, -0.1) is 0 Å². The van der Waals surface area contributed by atoms with E-state index in [1.807, 2.05) is 13.0 Å². The van der Waals surface area contributed by atoms with E-state index >= 15 is 0 Å². The zero-order chi connectivity index (χ0) is 17.8. The number of piperazine rings is 1. The van der Waals surface area contributed by atoms with Crippen LogP contribution < -0.4 is 5.32 Å². The molecule has 2 N–H and O–H groups in total. The van der Waals surface area contributed by atoms with Crippen LogP contribution >= 0.6 is 0 Å². The number of ether oxygens (including phenoxy) is 1. The topological polar surface area (TPSA) is 78.9 Å². The minimum absolute atomic E-state index is 0.0162. The standard InChI is InChI=1S/C19H20N2O4/c1-13-12-20-10-11-21(13)19(24)25-18(23)15-8-6-14(7-9-15)16-4-2-3-5-17(16)22/h2-9,13,20,22H,10-12H2,1H3. The van der Waals surface area contributed by atoms with Gasteiger partial charge >= 0.3 is 12.1 Å². The lowest BCUT2D eigenvalue weighted by atomic mass is 10.0. The molecule has 3 rings (SSSR count). The highest BCUT2D eigenvalue weighted by Gasteiger charge is 2.26. The van der Waals surface area contributed by atoms with Gasteiger partial charge in [-0.2, -0.15) is 0 Å². The lowest BCUT2D eigenvalue weighted by Crippen LogP contribution is -2.52. The van der Waals surface area contributed by atoms with Crippen LogP contribution in [0.2, 0.25) is 0 Å². The second-order valence-electron chi connectivity index (χ2n) is 6.00. The van der Waals surface area contributed by atoms with Crippen molar-refractivity contribution in [2.75, 3.05) is 19.6 Å². The van der Waals surface area contributed by atoms with Crippen molar-refractivity contribution >= 4 is 12.1 Å². The molecule has 2 aromatic rings. The second-order valence-corrected chi connectivity index (χ2v) is 6.00. The van der Waals surface area contributed by atoms with Crippen LogP contribution in [-0.2, 0) is 4.74 Å². The number of nitrogens with zero attached hydrogens (tertiary/aromatic N) is 1. The van der Waals surface area contributed by atoms with Crippen LogP contribution in [0.25, 0.3) is 11.1 Å². The number of carbonyl (C=O) groups is 2. The van der Waals surface area contributed by atoms with E-state index in [-0.39, 0.29) is 17.4 Å². The summed E-state index contributed by atoms with van der Waals surface area (Å²) in [6.45, 7) is 3.78. The van der Waals surface area contributed by atoms with Gasteiger partial charge in [0, 0.05) is 31.2 Å². The first-order chi connectivity index (χ1) is 12.1. The maximum Gasteiger partial charge on any atom is 0.418 e. The van der Waals surface area contributed by atoms with Gasteiger partial charge in [0.25, 0.3) is 0 Å². The molecule has 6 heteroatoms. The number of esters is 1. The van der Waals surface area contributed by atoms with Crippen LogP contribution in [-0.4, -0.2) is 47.7 Å². The summed E-state index contributed by atoms with van der Waals surface area (Å²) in [5.41, 5.74) is 1.74. The predicted octanol–water partition coefficient (Wildman–Crippen LogP) is 2.63. The molecule has 2 aromatic carbocycles. The number of phenolic OH excluding ortho intramolecular Hbond substituents is 1. The Labute approximate surface area is 146 Å². The summed E-state index contributed by atoms with van der Waals surface area (Å²) in [6.07, 6.45) is -0.621. The number of rotatable bonds is 2. The molecule has 0 spiro atoms. The average Bonchev–Trinajstić information content (AvgIpc) is 2.62. The van der Waals surface area contributed by atoms with Crippen molar-refractivity contribution in [2.45, 2.75) is 13.0 Å². The Kier molecular flexibility index (Phi) is 5.00. The molecule has 1 heterocycles. The van der Waals surface area contributed by atoms with Gasteiger partial charge in [-0.3, -0.25) is 0 Å². The van der Waals surface area contributed by atoms with E-state index in [1.165, 1.54) is 0 Å². The quantitative estimate of drug-likeness (QED) is 0.649. The molecule has 0 radical (unpaired) electrons. The molecule has 1 unspecified atom stereocenters. The first kappa shape index (κ1) is 17.0. The predicted molar refractivity (Wildman–Crippen MR) is 93.4 cm³/mol. The van der Waals surface area contributed by atoms with Crippen molar-refractivity contribution in [2.24, 2.45) is 0 Å². The van der Waals surface area contributed by atoms with Gasteiger partial charge < -0.3 is 20.1 Å². The van der Waals surface area contributed by atoms with Gasteiger partial charge in [0.1, 0.15) is 5.75 Å². The fraction of sp³-hybridized carbons (Fsp3) is 0.263. The molecule has 1 aliphatic rings. The lowest BCUT2D eigenvalue weighted by molar-refractivity contribution is 0.0491. The van der Waals surface area contributed by atoms with Gasteiger partial charge in [0.05, 0.1) is 5.56 Å². The molecule has 1 fully saturated rings.